The normalized spacial score (nSPS) is 10.1. The fraction of sp³-hybridized carbons (Fsp3) is 0.300. The third-order valence-electron chi connectivity index (χ3n) is 1.82. The van der Waals surface area contributed by atoms with Crippen molar-refractivity contribution in [3.8, 4) is 0 Å². The van der Waals surface area contributed by atoms with Crippen LogP contribution in [0.3, 0.4) is 0 Å². The van der Waals surface area contributed by atoms with E-state index >= 15 is 0 Å². The predicted octanol–water partition coefficient (Wildman–Crippen LogP) is 2.78. The lowest BCUT2D eigenvalue weighted by Gasteiger charge is -2.10. The van der Waals surface area contributed by atoms with Crippen LogP contribution in [0.25, 0.3) is 0 Å². The summed E-state index contributed by atoms with van der Waals surface area (Å²) in [5, 5.41) is 15.7. The quantitative estimate of drug-likeness (QED) is 0.645. The Morgan fingerprint density at radius 2 is 2.12 bits per heavy atom. The molecule has 0 aromatic heterocycles. The van der Waals surface area contributed by atoms with Gasteiger partial charge in [0, 0.05) is 17.8 Å². The minimum Gasteiger partial charge on any atom is -0.336 e. The van der Waals surface area contributed by atoms with E-state index in [1.165, 1.54) is 18.2 Å². The standard InChI is InChI=1S/C10H12ClN3O3/c1-6(2)12-10(15)13-7-3-4-8(11)9(5-7)14(16)17/h3-6H,1-2H3,(H2,12,13,15). The Morgan fingerprint density at radius 3 is 2.65 bits per heavy atom. The molecule has 0 aliphatic rings. The highest BCUT2D eigenvalue weighted by atomic mass is 35.5. The number of rotatable bonds is 3. The second-order valence-corrected chi connectivity index (χ2v) is 4.08. The summed E-state index contributed by atoms with van der Waals surface area (Å²) in [7, 11) is 0. The summed E-state index contributed by atoms with van der Waals surface area (Å²) in [6, 6.07) is 3.64. The summed E-state index contributed by atoms with van der Waals surface area (Å²) >= 11 is 5.64. The Bertz CT molecular complexity index is 448. The van der Waals surface area contributed by atoms with Crippen molar-refractivity contribution in [2.45, 2.75) is 19.9 Å². The molecule has 0 aliphatic heterocycles. The van der Waals surface area contributed by atoms with Crippen molar-refractivity contribution in [1.82, 2.24) is 5.32 Å². The lowest BCUT2D eigenvalue weighted by atomic mass is 10.3. The molecule has 0 saturated carbocycles. The van der Waals surface area contributed by atoms with Gasteiger partial charge in [0.25, 0.3) is 5.69 Å². The largest absolute Gasteiger partial charge is 0.336 e. The molecule has 0 aliphatic carbocycles. The van der Waals surface area contributed by atoms with Crippen LogP contribution in [0.5, 0.6) is 0 Å². The van der Waals surface area contributed by atoms with Crippen molar-refractivity contribution in [1.29, 1.82) is 0 Å². The molecule has 6 nitrogen and oxygen atoms in total. The zero-order valence-corrected chi connectivity index (χ0v) is 10.1. The Labute approximate surface area is 103 Å². The number of halogens is 1. The van der Waals surface area contributed by atoms with E-state index in [1.807, 2.05) is 13.8 Å². The van der Waals surface area contributed by atoms with E-state index in [4.69, 9.17) is 11.6 Å². The smallest absolute Gasteiger partial charge is 0.319 e. The molecule has 0 unspecified atom stereocenters. The minimum atomic E-state index is -0.603. The molecule has 2 N–H and O–H groups in total. The molecule has 0 heterocycles. The van der Waals surface area contributed by atoms with E-state index in [2.05, 4.69) is 10.6 Å². The zero-order chi connectivity index (χ0) is 13.0. The van der Waals surface area contributed by atoms with Gasteiger partial charge < -0.3 is 10.6 Å². The summed E-state index contributed by atoms with van der Waals surface area (Å²) < 4.78 is 0. The maximum absolute atomic E-state index is 11.4. The molecule has 1 aromatic rings. The highest BCUT2D eigenvalue weighted by Gasteiger charge is 2.13. The summed E-state index contributed by atoms with van der Waals surface area (Å²) in [5.41, 5.74) is 0.0771. The van der Waals surface area contributed by atoms with Gasteiger partial charge in [0.1, 0.15) is 5.02 Å². The van der Waals surface area contributed by atoms with Crippen molar-refractivity contribution in [3.63, 3.8) is 0 Å². The Hall–Kier alpha value is -1.82. The second-order valence-electron chi connectivity index (χ2n) is 3.68. The maximum Gasteiger partial charge on any atom is 0.319 e. The average Bonchev–Trinajstić information content (AvgIpc) is 2.19. The number of benzene rings is 1. The molecule has 92 valence electrons. The van der Waals surface area contributed by atoms with Gasteiger partial charge in [-0.05, 0) is 26.0 Å². The number of carbonyl (C=O) groups is 1. The van der Waals surface area contributed by atoms with E-state index < -0.39 is 11.0 Å². The summed E-state index contributed by atoms with van der Waals surface area (Å²) in [4.78, 5) is 21.4. The molecule has 7 heteroatoms. The first kappa shape index (κ1) is 13.2. The fourth-order valence-corrected chi connectivity index (χ4v) is 1.35. The van der Waals surface area contributed by atoms with Crippen LogP contribution in [-0.2, 0) is 0 Å². The number of urea groups is 1. The van der Waals surface area contributed by atoms with Crippen molar-refractivity contribution in [2.75, 3.05) is 5.32 Å². The van der Waals surface area contributed by atoms with Gasteiger partial charge in [-0.25, -0.2) is 4.79 Å². The van der Waals surface area contributed by atoms with E-state index in [-0.39, 0.29) is 16.8 Å². The third kappa shape index (κ3) is 3.92. The molecule has 1 aromatic carbocycles. The monoisotopic (exact) mass is 257 g/mol. The molecule has 0 atom stereocenters. The molecule has 0 bridgehead atoms. The molecule has 0 fully saturated rings. The first-order valence-electron chi connectivity index (χ1n) is 4.91. The van der Waals surface area contributed by atoms with E-state index in [1.54, 1.807) is 0 Å². The van der Waals surface area contributed by atoms with Crippen LogP contribution in [0.2, 0.25) is 5.02 Å². The molecular weight excluding hydrogens is 246 g/mol. The topological polar surface area (TPSA) is 84.3 Å². The molecule has 2 amide bonds. The molecule has 1 rings (SSSR count). The lowest BCUT2D eigenvalue weighted by Crippen LogP contribution is -2.34. The predicted molar refractivity (Wildman–Crippen MR) is 65.4 cm³/mol. The minimum absolute atomic E-state index is 0.0164. The number of nitro groups is 1. The van der Waals surface area contributed by atoms with Crippen molar-refractivity contribution in [3.05, 3.63) is 33.3 Å². The maximum atomic E-state index is 11.4. The highest BCUT2D eigenvalue weighted by molar-refractivity contribution is 6.32. The molecule has 0 radical (unpaired) electrons. The Balaban J connectivity index is 2.82. The lowest BCUT2D eigenvalue weighted by molar-refractivity contribution is -0.384. The van der Waals surface area contributed by atoms with Crippen LogP contribution in [0, 0.1) is 10.1 Å². The van der Waals surface area contributed by atoms with Gasteiger partial charge in [0.2, 0.25) is 0 Å². The SMILES string of the molecule is CC(C)NC(=O)Nc1ccc(Cl)c([N+](=O)[O-])c1. The molecule has 0 saturated heterocycles. The van der Waals surface area contributed by atoms with Gasteiger partial charge >= 0.3 is 6.03 Å². The molecule has 17 heavy (non-hydrogen) atoms. The van der Waals surface area contributed by atoms with Crippen LogP contribution in [0.1, 0.15) is 13.8 Å². The van der Waals surface area contributed by atoms with Crippen LogP contribution >= 0.6 is 11.6 Å². The summed E-state index contributed by atoms with van der Waals surface area (Å²) in [6.07, 6.45) is 0. The van der Waals surface area contributed by atoms with Crippen LogP contribution in [0.4, 0.5) is 16.2 Å². The number of hydrogen-bond donors (Lipinski definition) is 2. The van der Waals surface area contributed by atoms with Crippen molar-refractivity contribution < 1.29 is 9.72 Å². The second kappa shape index (κ2) is 5.49. The van der Waals surface area contributed by atoms with Gasteiger partial charge in [-0.1, -0.05) is 11.6 Å². The van der Waals surface area contributed by atoms with Crippen LogP contribution in [-0.4, -0.2) is 17.0 Å². The van der Waals surface area contributed by atoms with Gasteiger partial charge in [-0.2, -0.15) is 0 Å². The van der Waals surface area contributed by atoms with Crippen molar-refractivity contribution >= 4 is 29.0 Å². The third-order valence-corrected chi connectivity index (χ3v) is 2.14. The van der Waals surface area contributed by atoms with Gasteiger partial charge in [-0.15, -0.1) is 0 Å². The zero-order valence-electron chi connectivity index (χ0n) is 9.36. The van der Waals surface area contributed by atoms with E-state index in [0.717, 1.165) is 0 Å². The fourth-order valence-electron chi connectivity index (χ4n) is 1.16. The first-order valence-corrected chi connectivity index (χ1v) is 5.29. The number of nitrogens with one attached hydrogen (secondary N) is 2. The first-order chi connectivity index (χ1) is 7.90. The van der Waals surface area contributed by atoms with Gasteiger partial charge in [0.15, 0.2) is 0 Å². The summed E-state index contributed by atoms with van der Waals surface area (Å²) in [5.74, 6) is 0. The summed E-state index contributed by atoms with van der Waals surface area (Å²) in [6.45, 7) is 3.62. The number of hydrogen-bond acceptors (Lipinski definition) is 3. The number of amides is 2. The Kier molecular flexibility index (Phi) is 4.28. The van der Waals surface area contributed by atoms with Gasteiger partial charge in [-0.3, -0.25) is 10.1 Å². The van der Waals surface area contributed by atoms with Gasteiger partial charge in [0.05, 0.1) is 4.92 Å². The van der Waals surface area contributed by atoms with Crippen molar-refractivity contribution in [2.24, 2.45) is 0 Å². The van der Waals surface area contributed by atoms with E-state index in [0.29, 0.717) is 5.69 Å². The molecular formula is C10H12ClN3O3. The van der Waals surface area contributed by atoms with E-state index in [9.17, 15) is 14.9 Å². The number of carbonyl (C=O) groups excluding carboxylic acids is 1. The van der Waals surface area contributed by atoms with Crippen LogP contribution < -0.4 is 10.6 Å². The Morgan fingerprint density at radius 1 is 1.47 bits per heavy atom. The average molecular weight is 258 g/mol. The number of anilines is 1. The highest BCUT2D eigenvalue weighted by Crippen LogP contribution is 2.27. The van der Waals surface area contributed by atoms with Crippen LogP contribution in [0.15, 0.2) is 18.2 Å². The number of nitro benzene ring substituents is 1. The molecule has 0 spiro atoms. The number of nitrogens with zero attached hydrogens (tertiary/aromatic N) is 1.